The molecule has 2 rings (SSSR count). The van der Waals surface area contributed by atoms with Gasteiger partial charge in [-0.2, -0.15) is 0 Å². The van der Waals surface area contributed by atoms with E-state index in [1.54, 1.807) is 6.07 Å². The maximum Gasteiger partial charge on any atom is 0.171 e. The zero-order chi connectivity index (χ0) is 18.6. The molecule has 2 atom stereocenters. The van der Waals surface area contributed by atoms with Gasteiger partial charge in [-0.05, 0) is 44.1 Å². The lowest BCUT2D eigenvalue weighted by atomic mass is 9.86. The van der Waals surface area contributed by atoms with Crippen LogP contribution in [-0.2, 0) is 4.79 Å². The average molecular weight is 383 g/mol. The van der Waals surface area contributed by atoms with E-state index in [2.05, 4.69) is 17.2 Å². The predicted octanol–water partition coefficient (Wildman–Crippen LogP) is 3.77. The third-order valence-corrected chi connectivity index (χ3v) is 4.41. The topological polar surface area (TPSA) is 59.6 Å². The zero-order valence-corrected chi connectivity index (χ0v) is 16.2. The summed E-state index contributed by atoms with van der Waals surface area (Å²) in [7, 11) is 0. The molecule has 2 N–H and O–H groups in total. The second-order valence-electron chi connectivity index (χ2n) is 5.79. The Balaban J connectivity index is 2.48. The fourth-order valence-corrected chi connectivity index (χ4v) is 3.33. The van der Waals surface area contributed by atoms with Gasteiger partial charge in [0.2, 0.25) is 0 Å². The van der Waals surface area contributed by atoms with Crippen LogP contribution in [0.3, 0.4) is 0 Å². The van der Waals surface area contributed by atoms with Crippen molar-refractivity contribution in [3.63, 3.8) is 0 Å². The molecule has 0 amide bonds. The number of ketones is 1. The fraction of sp³-hybridized carbons (Fsp3) is 0.444. The van der Waals surface area contributed by atoms with Crippen LogP contribution in [0.2, 0.25) is 5.02 Å². The third kappa shape index (κ3) is 4.44. The van der Waals surface area contributed by atoms with E-state index in [-0.39, 0.29) is 5.78 Å². The molecule has 7 heteroatoms. The first-order chi connectivity index (χ1) is 11.9. The highest BCUT2D eigenvalue weighted by molar-refractivity contribution is 7.80. The van der Waals surface area contributed by atoms with E-state index in [1.807, 2.05) is 19.9 Å². The largest absolute Gasteiger partial charge is 0.490 e. The monoisotopic (exact) mass is 382 g/mol. The van der Waals surface area contributed by atoms with Crippen LogP contribution in [0.4, 0.5) is 0 Å². The van der Waals surface area contributed by atoms with E-state index < -0.39 is 12.0 Å². The van der Waals surface area contributed by atoms with Crippen molar-refractivity contribution < 1.29 is 14.3 Å². The minimum absolute atomic E-state index is 0.0298. The molecule has 136 valence electrons. The second kappa shape index (κ2) is 8.54. The number of thiocarbonyl (C=S) groups is 1. The number of benzene rings is 1. The summed E-state index contributed by atoms with van der Waals surface area (Å²) in [6.45, 7) is 10.4. The first kappa shape index (κ1) is 19.5. The molecule has 1 aromatic rings. The number of ether oxygens (including phenoxy) is 2. The Morgan fingerprint density at radius 2 is 2.00 bits per heavy atom. The smallest absolute Gasteiger partial charge is 0.171 e. The fourth-order valence-electron chi connectivity index (χ4n) is 2.81. The molecule has 0 aromatic heterocycles. The van der Waals surface area contributed by atoms with Crippen molar-refractivity contribution >= 4 is 34.7 Å². The van der Waals surface area contributed by atoms with Crippen molar-refractivity contribution in [2.45, 2.75) is 33.2 Å². The van der Waals surface area contributed by atoms with Crippen molar-refractivity contribution in [2.24, 2.45) is 5.92 Å². The number of halogens is 1. The summed E-state index contributed by atoms with van der Waals surface area (Å²) in [5.74, 6) is 0.667. The van der Waals surface area contributed by atoms with Crippen molar-refractivity contribution in [3.05, 3.63) is 35.0 Å². The van der Waals surface area contributed by atoms with Gasteiger partial charge in [0, 0.05) is 16.8 Å². The molecule has 1 aliphatic rings. The minimum atomic E-state index is -0.485. The van der Waals surface area contributed by atoms with Crippen molar-refractivity contribution in [1.29, 1.82) is 0 Å². The third-order valence-electron chi connectivity index (χ3n) is 3.87. The van der Waals surface area contributed by atoms with E-state index >= 15 is 0 Å². The highest BCUT2D eigenvalue weighted by atomic mass is 35.5. The highest BCUT2D eigenvalue weighted by Crippen LogP contribution is 2.40. The summed E-state index contributed by atoms with van der Waals surface area (Å²) >= 11 is 11.7. The summed E-state index contributed by atoms with van der Waals surface area (Å²) in [6, 6.07) is 3.13. The Labute approximate surface area is 158 Å². The summed E-state index contributed by atoms with van der Waals surface area (Å²) in [4.78, 5) is 12.1. The zero-order valence-electron chi connectivity index (χ0n) is 14.6. The van der Waals surface area contributed by atoms with Crippen molar-refractivity contribution in [3.8, 4) is 11.5 Å². The van der Waals surface area contributed by atoms with Gasteiger partial charge >= 0.3 is 0 Å². The van der Waals surface area contributed by atoms with Crippen LogP contribution in [0.15, 0.2) is 24.4 Å². The van der Waals surface area contributed by atoms with Gasteiger partial charge in [0.25, 0.3) is 0 Å². The molecule has 0 radical (unpaired) electrons. The van der Waals surface area contributed by atoms with E-state index in [9.17, 15) is 4.79 Å². The molecule has 5 nitrogen and oxygen atoms in total. The van der Waals surface area contributed by atoms with E-state index in [0.717, 1.165) is 12.0 Å². The number of nitrogens with one attached hydrogen (secondary N) is 2. The molecule has 0 saturated carbocycles. The van der Waals surface area contributed by atoms with Crippen LogP contribution in [0.5, 0.6) is 11.5 Å². The van der Waals surface area contributed by atoms with Crippen LogP contribution in [0.25, 0.3) is 0 Å². The van der Waals surface area contributed by atoms with Gasteiger partial charge in [0.1, 0.15) is 5.78 Å². The molecule has 25 heavy (non-hydrogen) atoms. The van der Waals surface area contributed by atoms with E-state index in [4.69, 9.17) is 33.3 Å². The SMILES string of the molecule is C=C1NC(=S)N[C@@H](c2cc(OCC)c(OCCC)cc2Cl)[C@@H]1C(C)=O. The molecule has 1 aromatic carbocycles. The summed E-state index contributed by atoms with van der Waals surface area (Å²) in [5.41, 5.74) is 1.28. The maximum atomic E-state index is 12.1. The standard InChI is InChI=1S/C18H23ClN2O3S/c1-5-7-24-15-9-13(19)12(8-14(15)23-6-2)17-16(11(4)22)10(3)20-18(25)21-17/h8-9,16-17H,3,5-7H2,1-2,4H3,(H2,20,21,25)/t16-,17-/m0/s1. The first-order valence-corrected chi connectivity index (χ1v) is 9.03. The number of hydrogen-bond donors (Lipinski definition) is 2. The van der Waals surface area contributed by atoms with Crippen LogP contribution in [0, 0.1) is 5.92 Å². The van der Waals surface area contributed by atoms with Gasteiger partial charge in [-0.1, -0.05) is 25.1 Å². The van der Waals surface area contributed by atoms with Crippen molar-refractivity contribution in [2.75, 3.05) is 13.2 Å². The van der Waals surface area contributed by atoms with Crippen LogP contribution in [-0.4, -0.2) is 24.1 Å². The van der Waals surface area contributed by atoms with Crippen molar-refractivity contribution in [1.82, 2.24) is 10.6 Å². The molecule has 1 aliphatic heterocycles. The number of rotatable bonds is 7. The molecule has 1 fully saturated rings. The quantitative estimate of drug-likeness (QED) is 0.700. The average Bonchev–Trinajstić information content (AvgIpc) is 2.53. The molecule has 1 heterocycles. The van der Waals surface area contributed by atoms with Gasteiger partial charge in [0.15, 0.2) is 16.6 Å². The van der Waals surface area contributed by atoms with Crippen LogP contribution in [0.1, 0.15) is 38.8 Å². The maximum absolute atomic E-state index is 12.1. The predicted molar refractivity (Wildman–Crippen MR) is 103 cm³/mol. The molecule has 0 spiro atoms. The van der Waals surface area contributed by atoms with Crippen LogP contribution >= 0.6 is 23.8 Å². The van der Waals surface area contributed by atoms with Gasteiger partial charge < -0.3 is 20.1 Å². The molecule has 0 aliphatic carbocycles. The lowest BCUT2D eigenvalue weighted by molar-refractivity contribution is -0.120. The van der Waals surface area contributed by atoms with Crippen LogP contribution < -0.4 is 20.1 Å². The number of carbonyl (C=O) groups excluding carboxylic acids is 1. The molecule has 0 bridgehead atoms. The molecular weight excluding hydrogens is 360 g/mol. The summed E-state index contributed by atoms with van der Waals surface area (Å²) in [6.07, 6.45) is 0.876. The Kier molecular flexibility index (Phi) is 6.67. The Bertz CT molecular complexity index is 693. The Morgan fingerprint density at radius 1 is 1.32 bits per heavy atom. The minimum Gasteiger partial charge on any atom is -0.490 e. The van der Waals surface area contributed by atoms with Gasteiger partial charge in [-0.15, -0.1) is 0 Å². The van der Waals surface area contributed by atoms with Gasteiger partial charge in [-0.25, -0.2) is 0 Å². The Hall–Kier alpha value is -1.79. The number of carbonyl (C=O) groups is 1. The first-order valence-electron chi connectivity index (χ1n) is 8.24. The number of hydrogen-bond acceptors (Lipinski definition) is 4. The normalized spacial score (nSPS) is 19.8. The molecule has 0 unspecified atom stereocenters. The lowest BCUT2D eigenvalue weighted by Gasteiger charge is -2.35. The van der Waals surface area contributed by atoms with E-state index in [0.29, 0.717) is 40.5 Å². The second-order valence-corrected chi connectivity index (χ2v) is 6.61. The Morgan fingerprint density at radius 3 is 2.60 bits per heavy atom. The summed E-state index contributed by atoms with van der Waals surface area (Å²) < 4.78 is 11.4. The van der Waals surface area contributed by atoms with E-state index in [1.165, 1.54) is 6.92 Å². The van der Waals surface area contributed by atoms with Gasteiger partial charge in [0.05, 0.1) is 25.2 Å². The molecule has 1 saturated heterocycles. The van der Waals surface area contributed by atoms with Gasteiger partial charge in [-0.3, -0.25) is 4.79 Å². The lowest BCUT2D eigenvalue weighted by Crippen LogP contribution is -2.50. The highest BCUT2D eigenvalue weighted by Gasteiger charge is 2.36. The number of Topliss-reactive ketones (excluding diaryl/α,β-unsaturated/α-hetero) is 1. The molecular formula is C18H23ClN2O3S. The summed E-state index contributed by atoms with van der Waals surface area (Å²) in [5, 5.41) is 6.93.